The number of carbonyl (C=O) groups excluding carboxylic acids is 1. The summed E-state index contributed by atoms with van der Waals surface area (Å²) in [4.78, 5) is 19.5. The number of carbonyl (C=O) groups is 1. The first-order valence-electron chi connectivity index (χ1n) is 10.4. The molecule has 7 heteroatoms. The molecule has 1 unspecified atom stereocenters. The van der Waals surface area contributed by atoms with Gasteiger partial charge in [-0.25, -0.2) is 4.98 Å². The van der Waals surface area contributed by atoms with Crippen LogP contribution in [0.25, 0.3) is 0 Å². The molecule has 0 spiro atoms. The first-order chi connectivity index (χ1) is 15.3. The first-order valence-corrected chi connectivity index (χ1v) is 10.4. The number of hydrogen-bond donors (Lipinski definition) is 1. The molecule has 32 heavy (non-hydrogen) atoms. The summed E-state index contributed by atoms with van der Waals surface area (Å²) in [5.41, 5.74) is 1.82. The quantitative estimate of drug-likeness (QED) is 0.514. The number of rotatable bonds is 8. The zero-order valence-corrected chi connectivity index (χ0v) is 18.1. The van der Waals surface area contributed by atoms with Crippen molar-refractivity contribution in [2.75, 3.05) is 18.5 Å². The number of alkyl halides is 3. The van der Waals surface area contributed by atoms with E-state index in [1.807, 2.05) is 60.4 Å². The smallest absolute Gasteiger partial charge is 0.357 e. The van der Waals surface area contributed by atoms with E-state index in [2.05, 4.69) is 10.3 Å². The zero-order valence-electron chi connectivity index (χ0n) is 18.1. The number of hydrogen-bond acceptors (Lipinski definition) is 3. The van der Waals surface area contributed by atoms with Gasteiger partial charge in [-0.05, 0) is 55.2 Å². The Morgan fingerprint density at radius 2 is 1.69 bits per heavy atom. The van der Waals surface area contributed by atoms with Gasteiger partial charge in [-0.2, -0.15) is 13.2 Å². The predicted octanol–water partition coefficient (Wildman–Crippen LogP) is 5.34. The van der Waals surface area contributed by atoms with E-state index in [1.165, 1.54) is 12.1 Å². The number of halogens is 3. The van der Waals surface area contributed by atoms with Crippen molar-refractivity contribution in [2.45, 2.75) is 32.0 Å². The number of likely N-dealkylation sites (N-methyl/N-ethyl adjacent to an activating group) is 1. The summed E-state index contributed by atoms with van der Waals surface area (Å²) in [6.07, 6.45) is -3.13. The molecule has 1 aromatic heterocycles. The lowest BCUT2D eigenvalue weighted by Crippen LogP contribution is -2.40. The van der Waals surface area contributed by atoms with E-state index in [4.69, 9.17) is 0 Å². The van der Waals surface area contributed by atoms with Crippen molar-refractivity contribution in [1.29, 1.82) is 0 Å². The van der Waals surface area contributed by atoms with Gasteiger partial charge in [0.05, 0.1) is 5.56 Å². The van der Waals surface area contributed by atoms with Crippen molar-refractivity contribution in [3.8, 4) is 0 Å². The molecule has 0 aliphatic heterocycles. The predicted molar refractivity (Wildman–Crippen MR) is 119 cm³/mol. The van der Waals surface area contributed by atoms with Crippen LogP contribution < -0.4 is 10.2 Å². The second-order valence-corrected chi connectivity index (χ2v) is 7.56. The normalized spacial score (nSPS) is 12.3. The van der Waals surface area contributed by atoms with E-state index in [0.29, 0.717) is 25.2 Å². The lowest BCUT2D eigenvalue weighted by molar-refractivity contribution is -0.137. The maximum absolute atomic E-state index is 12.9. The molecule has 1 atom stereocenters. The lowest BCUT2D eigenvalue weighted by atomic mass is 10.0. The summed E-state index contributed by atoms with van der Waals surface area (Å²) in [6, 6.07) is 19.8. The highest BCUT2D eigenvalue weighted by Crippen LogP contribution is 2.30. The third-order valence-corrected chi connectivity index (χ3v) is 5.24. The van der Waals surface area contributed by atoms with Gasteiger partial charge in [0.25, 0.3) is 0 Å². The molecule has 0 saturated heterocycles. The molecule has 3 rings (SSSR count). The Balaban J connectivity index is 1.84. The second-order valence-electron chi connectivity index (χ2n) is 7.56. The molecule has 1 heterocycles. The van der Waals surface area contributed by atoms with Crippen LogP contribution in [0.3, 0.4) is 0 Å². The average molecular weight is 441 g/mol. The van der Waals surface area contributed by atoms with Crippen molar-refractivity contribution >= 4 is 11.7 Å². The topological polar surface area (TPSA) is 45.2 Å². The summed E-state index contributed by atoms with van der Waals surface area (Å²) in [5, 5.41) is 2.74. The highest BCUT2D eigenvalue weighted by molar-refractivity contribution is 5.86. The van der Waals surface area contributed by atoms with E-state index < -0.39 is 17.8 Å². The third kappa shape index (κ3) is 5.87. The van der Waals surface area contributed by atoms with Gasteiger partial charge in [-0.3, -0.25) is 4.79 Å². The minimum absolute atomic E-state index is 0.158. The van der Waals surface area contributed by atoms with Crippen molar-refractivity contribution in [1.82, 2.24) is 10.3 Å². The van der Waals surface area contributed by atoms with E-state index in [1.54, 1.807) is 7.05 Å². The van der Waals surface area contributed by atoms with Crippen LogP contribution in [-0.2, 0) is 17.4 Å². The van der Waals surface area contributed by atoms with Gasteiger partial charge in [0, 0.05) is 19.3 Å². The molecule has 1 N–H and O–H groups in total. The molecule has 168 valence electrons. The van der Waals surface area contributed by atoms with Gasteiger partial charge in [0.1, 0.15) is 11.9 Å². The number of benzene rings is 2. The molecule has 0 aliphatic rings. The number of aromatic nitrogens is 1. The molecule has 0 fully saturated rings. The standard InChI is InChI=1S/C25H26F3N3O/c1-18-8-6-12-22(30-18)31(23(24(32)29-2)20-10-4-3-5-11-20)17-7-9-19-13-15-21(16-14-19)25(26,27)28/h3-6,8,10-16,23H,7,9,17H2,1-2H3,(H,29,32). The van der Waals surface area contributed by atoms with Crippen molar-refractivity contribution in [3.63, 3.8) is 0 Å². The molecule has 0 saturated carbocycles. The number of anilines is 1. The van der Waals surface area contributed by atoms with Crippen LogP contribution in [0.5, 0.6) is 0 Å². The lowest BCUT2D eigenvalue weighted by Gasteiger charge is -2.32. The third-order valence-electron chi connectivity index (χ3n) is 5.24. The van der Waals surface area contributed by atoms with Crippen LogP contribution in [0.4, 0.5) is 19.0 Å². The molecular formula is C25H26F3N3O. The highest BCUT2D eigenvalue weighted by Gasteiger charge is 2.30. The summed E-state index contributed by atoms with van der Waals surface area (Å²) in [6.45, 7) is 2.39. The zero-order chi connectivity index (χ0) is 23.1. The number of amides is 1. The maximum Gasteiger partial charge on any atom is 0.416 e. The van der Waals surface area contributed by atoms with Crippen LogP contribution in [0, 0.1) is 6.92 Å². The monoisotopic (exact) mass is 441 g/mol. The fourth-order valence-electron chi connectivity index (χ4n) is 3.62. The fourth-order valence-corrected chi connectivity index (χ4v) is 3.62. The molecular weight excluding hydrogens is 415 g/mol. The summed E-state index contributed by atoms with van der Waals surface area (Å²) < 4.78 is 38.4. The number of aryl methyl sites for hydroxylation is 2. The molecule has 1 amide bonds. The van der Waals surface area contributed by atoms with Gasteiger partial charge >= 0.3 is 6.18 Å². The largest absolute Gasteiger partial charge is 0.416 e. The Labute approximate surface area is 186 Å². The Hall–Kier alpha value is -3.35. The summed E-state index contributed by atoms with van der Waals surface area (Å²) in [5.74, 6) is 0.518. The molecule has 0 bridgehead atoms. The van der Waals surface area contributed by atoms with Gasteiger partial charge in [0.15, 0.2) is 0 Å². The molecule has 3 aromatic rings. The first kappa shape index (κ1) is 23.3. The minimum Gasteiger partial charge on any atom is -0.357 e. The Kier molecular flexibility index (Phi) is 7.51. The fraction of sp³-hybridized carbons (Fsp3) is 0.280. The SMILES string of the molecule is CNC(=O)C(c1ccccc1)N(CCCc1ccc(C(F)(F)F)cc1)c1cccc(C)n1. The van der Waals surface area contributed by atoms with Gasteiger partial charge < -0.3 is 10.2 Å². The average Bonchev–Trinajstić information content (AvgIpc) is 2.78. The van der Waals surface area contributed by atoms with E-state index in [-0.39, 0.29) is 5.91 Å². The Morgan fingerprint density at radius 1 is 1.00 bits per heavy atom. The summed E-state index contributed by atoms with van der Waals surface area (Å²) >= 11 is 0. The Morgan fingerprint density at radius 3 is 2.28 bits per heavy atom. The van der Waals surface area contributed by atoms with Crippen LogP contribution >= 0.6 is 0 Å². The number of nitrogens with one attached hydrogen (secondary N) is 1. The van der Waals surface area contributed by atoms with Gasteiger partial charge in [0.2, 0.25) is 5.91 Å². The van der Waals surface area contributed by atoms with Crippen LogP contribution in [0.1, 0.15) is 34.8 Å². The van der Waals surface area contributed by atoms with Crippen molar-refractivity contribution in [2.24, 2.45) is 0 Å². The number of nitrogens with zero attached hydrogens (tertiary/aromatic N) is 2. The molecule has 0 radical (unpaired) electrons. The molecule has 0 aliphatic carbocycles. The minimum atomic E-state index is -4.34. The maximum atomic E-state index is 12.9. The molecule has 2 aromatic carbocycles. The number of pyridine rings is 1. The van der Waals surface area contributed by atoms with Crippen molar-refractivity contribution in [3.05, 3.63) is 95.2 Å². The van der Waals surface area contributed by atoms with Gasteiger partial charge in [-0.1, -0.05) is 48.5 Å². The van der Waals surface area contributed by atoms with E-state index in [0.717, 1.165) is 29.0 Å². The highest BCUT2D eigenvalue weighted by atomic mass is 19.4. The second kappa shape index (κ2) is 10.3. The van der Waals surface area contributed by atoms with Crippen LogP contribution in [0.2, 0.25) is 0 Å². The summed E-state index contributed by atoms with van der Waals surface area (Å²) in [7, 11) is 1.60. The van der Waals surface area contributed by atoms with Crippen LogP contribution in [0.15, 0.2) is 72.8 Å². The van der Waals surface area contributed by atoms with Gasteiger partial charge in [-0.15, -0.1) is 0 Å². The van der Waals surface area contributed by atoms with Crippen LogP contribution in [-0.4, -0.2) is 24.5 Å². The van der Waals surface area contributed by atoms with E-state index in [9.17, 15) is 18.0 Å². The molecule has 4 nitrogen and oxygen atoms in total. The van der Waals surface area contributed by atoms with Crippen molar-refractivity contribution < 1.29 is 18.0 Å². The Bertz CT molecular complexity index is 1020. The van der Waals surface area contributed by atoms with E-state index >= 15 is 0 Å².